The van der Waals surface area contributed by atoms with Crippen LogP contribution in [0.2, 0.25) is 0 Å². The van der Waals surface area contributed by atoms with Gasteiger partial charge in [0.25, 0.3) is 10.0 Å². The zero-order valence-corrected chi connectivity index (χ0v) is 16.6. The molecule has 0 bridgehead atoms. The molecule has 2 amide bonds. The lowest BCUT2D eigenvalue weighted by Crippen LogP contribution is -2.38. The number of carbonyl (C=O) groups excluding carboxylic acids is 1. The number of rotatable bonds is 3. The van der Waals surface area contributed by atoms with Gasteiger partial charge in [-0.05, 0) is 49.7 Å². The van der Waals surface area contributed by atoms with Crippen LogP contribution in [0, 0.1) is 0 Å². The van der Waals surface area contributed by atoms with Crippen LogP contribution in [0.4, 0.5) is 10.5 Å². The van der Waals surface area contributed by atoms with Crippen LogP contribution in [-0.2, 0) is 42.3 Å². The number of nitrogens with two attached hydrogens (primary N) is 1. The van der Waals surface area contributed by atoms with Crippen LogP contribution in [0.1, 0.15) is 35.4 Å². The molecule has 3 heterocycles. The first-order valence-electron chi connectivity index (χ1n) is 9.74. The monoisotopic (exact) mass is 418 g/mol. The van der Waals surface area contributed by atoms with Crippen LogP contribution in [0.15, 0.2) is 11.1 Å². The van der Waals surface area contributed by atoms with E-state index in [-0.39, 0.29) is 23.4 Å². The average Bonchev–Trinajstić information content (AvgIpc) is 3.39. The van der Waals surface area contributed by atoms with Crippen LogP contribution >= 0.6 is 0 Å². The molecule has 154 valence electrons. The number of fused-ring (bicyclic) bond motifs is 3. The van der Waals surface area contributed by atoms with Crippen molar-refractivity contribution in [2.45, 2.75) is 56.0 Å². The zero-order valence-electron chi connectivity index (χ0n) is 15.8. The van der Waals surface area contributed by atoms with E-state index < -0.39 is 16.1 Å². The molecule has 0 radical (unpaired) electrons. The van der Waals surface area contributed by atoms with Crippen molar-refractivity contribution in [1.82, 2.24) is 19.5 Å². The molecule has 5 rings (SSSR count). The fourth-order valence-electron chi connectivity index (χ4n) is 4.33. The Morgan fingerprint density at radius 1 is 1.17 bits per heavy atom. The molecule has 29 heavy (non-hydrogen) atoms. The minimum Gasteiger partial charge on any atom is -0.475 e. The van der Waals surface area contributed by atoms with E-state index in [0.29, 0.717) is 6.54 Å². The quantitative estimate of drug-likeness (QED) is 0.658. The van der Waals surface area contributed by atoms with Crippen molar-refractivity contribution in [2.75, 3.05) is 11.9 Å². The second-order valence-corrected chi connectivity index (χ2v) is 9.32. The summed E-state index contributed by atoms with van der Waals surface area (Å²) >= 11 is 0. The number of nitrogens with zero attached hydrogens (tertiary/aromatic N) is 3. The molecular formula is C18H22N6O4S. The minimum absolute atomic E-state index is 0.0951. The highest BCUT2D eigenvalue weighted by Crippen LogP contribution is 2.36. The third-order valence-electron chi connectivity index (χ3n) is 5.61. The molecule has 3 aliphatic rings. The fraction of sp³-hybridized carbons (Fsp3) is 0.500. The van der Waals surface area contributed by atoms with Crippen LogP contribution in [0.5, 0.6) is 5.88 Å². The number of hydrogen-bond donors (Lipinski definition) is 3. The van der Waals surface area contributed by atoms with Crippen molar-refractivity contribution in [3.63, 3.8) is 0 Å². The maximum atomic E-state index is 12.8. The van der Waals surface area contributed by atoms with E-state index in [4.69, 9.17) is 15.5 Å². The number of aromatic nitrogens is 3. The lowest BCUT2D eigenvalue weighted by molar-refractivity contribution is 0.200. The molecule has 2 aromatic rings. The van der Waals surface area contributed by atoms with Crippen LogP contribution in [0.25, 0.3) is 0 Å². The summed E-state index contributed by atoms with van der Waals surface area (Å²) in [7, 11) is -4.15. The van der Waals surface area contributed by atoms with E-state index in [9.17, 15) is 13.2 Å². The summed E-state index contributed by atoms with van der Waals surface area (Å²) in [6, 6.07) is -1.06. The molecule has 1 unspecified atom stereocenters. The molecule has 0 spiro atoms. The van der Waals surface area contributed by atoms with Crippen LogP contribution in [-0.4, -0.2) is 41.9 Å². The number of hydrogen-bond acceptors (Lipinski definition) is 7. The topological polar surface area (TPSA) is 141 Å². The van der Waals surface area contributed by atoms with Gasteiger partial charge in [0.2, 0.25) is 5.88 Å². The number of amides is 2. The lowest BCUT2D eigenvalue weighted by atomic mass is 10.1. The first-order valence-corrected chi connectivity index (χ1v) is 11.2. The molecule has 1 atom stereocenters. The van der Waals surface area contributed by atoms with Gasteiger partial charge in [-0.2, -0.15) is 5.10 Å². The Morgan fingerprint density at radius 2 is 1.86 bits per heavy atom. The van der Waals surface area contributed by atoms with E-state index in [1.807, 2.05) is 0 Å². The minimum atomic E-state index is -4.15. The molecule has 10 nitrogen and oxygen atoms in total. The molecule has 0 saturated heterocycles. The van der Waals surface area contributed by atoms with Gasteiger partial charge in [0, 0.05) is 11.4 Å². The Hall–Kier alpha value is -2.66. The summed E-state index contributed by atoms with van der Waals surface area (Å²) < 4.78 is 34.4. The third kappa shape index (κ3) is 3.14. The van der Waals surface area contributed by atoms with Crippen LogP contribution in [0.3, 0.4) is 0 Å². The number of sulfonamides is 1. The molecule has 2 aliphatic carbocycles. The molecule has 1 aliphatic heterocycles. The Bertz CT molecular complexity index is 1080. The molecule has 0 fully saturated rings. The number of nitrogens with one attached hydrogen (secondary N) is 2. The van der Waals surface area contributed by atoms with Crippen molar-refractivity contribution in [3.05, 3.63) is 28.7 Å². The van der Waals surface area contributed by atoms with Gasteiger partial charge in [-0.15, -0.1) is 0 Å². The van der Waals surface area contributed by atoms with E-state index >= 15 is 0 Å². The Morgan fingerprint density at radius 3 is 2.55 bits per heavy atom. The van der Waals surface area contributed by atoms with Crippen molar-refractivity contribution < 1.29 is 17.9 Å². The van der Waals surface area contributed by atoms with Gasteiger partial charge in [0.15, 0.2) is 4.90 Å². The van der Waals surface area contributed by atoms with E-state index in [1.165, 1.54) is 10.9 Å². The summed E-state index contributed by atoms with van der Waals surface area (Å²) in [4.78, 5) is 17.2. The molecule has 11 heteroatoms. The van der Waals surface area contributed by atoms with Crippen molar-refractivity contribution in [1.29, 1.82) is 0 Å². The fourth-order valence-corrected chi connectivity index (χ4v) is 5.32. The lowest BCUT2D eigenvalue weighted by Gasteiger charge is -2.21. The van der Waals surface area contributed by atoms with Crippen molar-refractivity contribution in [2.24, 2.45) is 5.73 Å². The number of urea groups is 1. The third-order valence-corrected chi connectivity index (χ3v) is 6.92. The Balaban J connectivity index is 1.40. The average molecular weight is 418 g/mol. The number of carbonyl (C=O) groups is 1. The van der Waals surface area contributed by atoms with Crippen molar-refractivity contribution >= 4 is 21.7 Å². The highest BCUT2D eigenvalue weighted by molar-refractivity contribution is 7.90. The van der Waals surface area contributed by atoms with Crippen molar-refractivity contribution in [3.8, 4) is 5.88 Å². The second kappa shape index (κ2) is 6.70. The van der Waals surface area contributed by atoms with Gasteiger partial charge in [-0.1, -0.05) is 0 Å². The first kappa shape index (κ1) is 18.4. The van der Waals surface area contributed by atoms with Gasteiger partial charge in [0.1, 0.15) is 6.61 Å². The smallest absolute Gasteiger partial charge is 0.333 e. The normalized spacial score (nSPS) is 19.8. The number of aryl methyl sites for hydroxylation is 2. The first-order chi connectivity index (χ1) is 13.9. The maximum Gasteiger partial charge on any atom is 0.333 e. The van der Waals surface area contributed by atoms with Gasteiger partial charge in [-0.3, -0.25) is 4.98 Å². The second-order valence-electron chi connectivity index (χ2n) is 7.67. The summed E-state index contributed by atoms with van der Waals surface area (Å²) in [6.45, 7) is 0.544. The predicted molar refractivity (Wildman–Crippen MR) is 103 cm³/mol. The van der Waals surface area contributed by atoms with Crippen LogP contribution < -0.4 is 20.5 Å². The summed E-state index contributed by atoms with van der Waals surface area (Å²) in [6.07, 6.45) is 6.60. The predicted octanol–water partition coefficient (Wildman–Crippen LogP) is 0.486. The molecule has 2 aromatic heterocycles. The Labute approximate surface area is 167 Å². The largest absolute Gasteiger partial charge is 0.475 e. The van der Waals surface area contributed by atoms with E-state index in [1.54, 1.807) is 0 Å². The zero-order chi connectivity index (χ0) is 20.2. The van der Waals surface area contributed by atoms with Gasteiger partial charge in [0.05, 0.1) is 24.5 Å². The van der Waals surface area contributed by atoms with E-state index in [0.717, 1.165) is 66.7 Å². The SMILES string of the molecule is NC1COc2c(S(=O)(=O)NC(=O)Nc3c4c(nc5c3CCC5)CCC4)cnn2C1. The van der Waals surface area contributed by atoms with Gasteiger partial charge in [-0.25, -0.2) is 22.6 Å². The standard InChI is InChI=1S/C18H22N6O4S/c19-10-8-24-17(28-9-10)15(7-20-24)29(26,27)23-18(25)22-16-11-3-1-5-13(11)21-14-6-2-4-12(14)16/h7,10H,1-6,8-9,19H2,(H2,21,22,23,25). The molecule has 0 aromatic carbocycles. The summed E-state index contributed by atoms with van der Waals surface area (Å²) in [5.74, 6) is 0.0951. The van der Waals surface area contributed by atoms with Gasteiger partial charge < -0.3 is 15.8 Å². The highest BCUT2D eigenvalue weighted by atomic mass is 32.2. The Kier molecular flexibility index (Phi) is 4.24. The number of pyridine rings is 1. The van der Waals surface area contributed by atoms with Gasteiger partial charge >= 0.3 is 6.03 Å². The molecular weight excluding hydrogens is 396 g/mol. The molecule has 4 N–H and O–H groups in total. The summed E-state index contributed by atoms with van der Waals surface area (Å²) in [5.41, 5.74) is 10.6. The maximum absolute atomic E-state index is 12.8. The number of ether oxygens (including phenoxy) is 1. The summed E-state index contributed by atoms with van der Waals surface area (Å²) in [5, 5.41) is 6.80. The number of anilines is 1. The highest BCUT2D eigenvalue weighted by Gasteiger charge is 2.31. The van der Waals surface area contributed by atoms with E-state index in [2.05, 4.69) is 15.1 Å². The molecule has 0 saturated carbocycles.